The van der Waals surface area contributed by atoms with Crippen LogP contribution in [0.25, 0.3) is 0 Å². The topological polar surface area (TPSA) is 77.9 Å². The Hall–Kier alpha value is -2.42. The van der Waals surface area contributed by atoms with Crippen LogP contribution in [0.4, 0.5) is 15.9 Å². The molecule has 3 heterocycles. The first kappa shape index (κ1) is 21.8. The monoisotopic (exact) mass is 448 g/mol. The molecule has 0 aliphatic carbocycles. The van der Waals surface area contributed by atoms with Gasteiger partial charge in [-0.1, -0.05) is 17.7 Å². The van der Waals surface area contributed by atoms with Crippen molar-refractivity contribution in [3.05, 3.63) is 52.4 Å². The molecule has 2 saturated heterocycles. The third-order valence-electron chi connectivity index (χ3n) is 5.66. The number of halogens is 2. The fourth-order valence-corrected chi connectivity index (χ4v) is 4.08. The molecule has 31 heavy (non-hydrogen) atoms. The summed E-state index contributed by atoms with van der Waals surface area (Å²) in [6, 6.07) is 6.73. The number of piperidine rings is 1. The molecule has 166 valence electrons. The van der Waals surface area contributed by atoms with Crippen molar-refractivity contribution >= 4 is 29.0 Å². The Bertz CT molecular complexity index is 931. The van der Waals surface area contributed by atoms with E-state index in [0.717, 1.165) is 5.56 Å². The van der Waals surface area contributed by atoms with E-state index < -0.39 is 0 Å². The number of hydrogen-bond donors (Lipinski definition) is 2. The van der Waals surface area contributed by atoms with Crippen molar-refractivity contribution in [2.75, 3.05) is 49.6 Å². The predicted molar refractivity (Wildman–Crippen MR) is 117 cm³/mol. The summed E-state index contributed by atoms with van der Waals surface area (Å²) in [6.45, 7) is 3.80. The zero-order valence-corrected chi connectivity index (χ0v) is 17.9. The molecule has 2 aromatic rings. The number of benzene rings is 1. The first-order valence-corrected chi connectivity index (χ1v) is 10.9. The third kappa shape index (κ3) is 5.26. The molecule has 0 radical (unpaired) electrons. The van der Waals surface area contributed by atoms with Crippen LogP contribution in [-0.2, 0) is 11.3 Å². The van der Waals surface area contributed by atoms with Crippen LogP contribution in [0.1, 0.15) is 28.8 Å². The van der Waals surface area contributed by atoms with Crippen LogP contribution in [0.15, 0.2) is 30.5 Å². The van der Waals surface area contributed by atoms with E-state index in [2.05, 4.69) is 10.3 Å². The summed E-state index contributed by atoms with van der Waals surface area (Å²) in [5.41, 5.74) is 1.74. The molecule has 0 saturated carbocycles. The van der Waals surface area contributed by atoms with Crippen molar-refractivity contribution in [3.8, 4) is 0 Å². The molecule has 1 amide bonds. The minimum atomic E-state index is -0.296. The van der Waals surface area contributed by atoms with E-state index in [4.69, 9.17) is 16.3 Å². The number of hydrogen-bond acceptors (Lipinski definition) is 6. The molecular weight excluding hydrogens is 423 g/mol. The van der Waals surface area contributed by atoms with E-state index in [0.29, 0.717) is 80.9 Å². The number of nitrogens with one attached hydrogen (secondary N) is 1. The maximum Gasteiger partial charge on any atom is 0.255 e. The van der Waals surface area contributed by atoms with E-state index in [-0.39, 0.29) is 17.8 Å². The van der Waals surface area contributed by atoms with Gasteiger partial charge in [0.1, 0.15) is 11.6 Å². The largest absolute Gasteiger partial charge is 0.393 e. The molecule has 2 N–H and O–H groups in total. The molecule has 4 rings (SSSR count). The first-order chi connectivity index (χ1) is 15.0. The van der Waals surface area contributed by atoms with Crippen molar-refractivity contribution in [1.29, 1.82) is 0 Å². The normalized spacial score (nSPS) is 17.6. The highest BCUT2D eigenvalue weighted by Crippen LogP contribution is 2.26. The van der Waals surface area contributed by atoms with Gasteiger partial charge >= 0.3 is 0 Å². The SMILES string of the molecule is O=C(c1cnc(NCc2ccc(N3CCC(O)CC3)c(F)c2)c(Cl)c1)N1CCOCC1. The summed E-state index contributed by atoms with van der Waals surface area (Å²) >= 11 is 6.33. The number of morpholine rings is 1. The van der Waals surface area contributed by atoms with Gasteiger partial charge in [-0.05, 0) is 36.6 Å². The Morgan fingerprint density at radius 1 is 1.23 bits per heavy atom. The van der Waals surface area contributed by atoms with Crippen molar-refractivity contribution in [3.63, 3.8) is 0 Å². The van der Waals surface area contributed by atoms with E-state index in [9.17, 15) is 14.3 Å². The molecule has 0 bridgehead atoms. The third-order valence-corrected chi connectivity index (χ3v) is 5.95. The van der Waals surface area contributed by atoms with E-state index >= 15 is 0 Å². The molecule has 0 unspecified atom stereocenters. The van der Waals surface area contributed by atoms with Gasteiger partial charge in [-0.25, -0.2) is 9.37 Å². The molecule has 0 atom stereocenters. The summed E-state index contributed by atoms with van der Waals surface area (Å²) in [7, 11) is 0. The highest BCUT2D eigenvalue weighted by molar-refractivity contribution is 6.33. The Labute approximate surface area is 185 Å². The zero-order valence-electron chi connectivity index (χ0n) is 17.2. The molecule has 1 aromatic heterocycles. The minimum absolute atomic E-state index is 0.118. The van der Waals surface area contributed by atoms with Gasteiger partial charge in [0.25, 0.3) is 5.91 Å². The van der Waals surface area contributed by atoms with Gasteiger partial charge in [0.2, 0.25) is 0 Å². The first-order valence-electron chi connectivity index (χ1n) is 10.5. The van der Waals surface area contributed by atoms with Crippen LogP contribution < -0.4 is 10.2 Å². The Morgan fingerprint density at radius 3 is 2.65 bits per heavy atom. The fourth-order valence-electron chi connectivity index (χ4n) is 3.84. The Kier molecular flexibility index (Phi) is 6.89. The summed E-state index contributed by atoms with van der Waals surface area (Å²) in [5, 5.41) is 13.1. The Morgan fingerprint density at radius 2 is 1.97 bits per heavy atom. The van der Waals surface area contributed by atoms with E-state index in [1.807, 2.05) is 11.0 Å². The predicted octanol–water partition coefficient (Wildman–Crippen LogP) is 2.92. The summed E-state index contributed by atoms with van der Waals surface area (Å²) < 4.78 is 19.9. The van der Waals surface area contributed by atoms with E-state index in [1.165, 1.54) is 12.3 Å². The molecule has 2 aliphatic heterocycles. The van der Waals surface area contributed by atoms with Crippen molar-refractivity contribution < 1.29 is 19.0 Å². The second-order valence-corrected chi connectivity index (χ2v) is 8.22. The number of aromatic nitrogens is 1. The minimum Gasteiger partial charge on any atom is -0.393 e. The summed E-state index contributed by atoms with van der Waals surface area (Å²) in [4.78, 5) is 20.5. The van der Waals surface area contributed by atoms with Gasteiger partial charge in [0.15, 0.2) is 0 Å². The maximum atomic E-state index is 14.6. The van der Waals surface area contributed by atoms with Crippen LogP contribution in [0.2, 0.25) is 5.02 Å². The van der Waals surface area contributed by atoms with Crippen LogP contribution in [0.3, 0.4) is 0 Å². The molecule has 7 nitrogen and oxygen atoms in total. The second kappa shape index (κ2) is 9.80. The molecule has 9 heteroatoms. The summed E-state index contributed by atoms with van der Waals surface area (Å²) in [5.74, 6) is 0.0306. The quantitative estimate of drug-likeness (QED) is 0.732. The molecule has 2 fully saturated rings. The number of nitrogens with zero attached hydrogens (tertiary/aromatic N) is 3. The number of carbonyl (C=O) groups is 1. The number of aliphatic hydroxyl groups excluding tert-OH is 1. The highest BCUT2D eigenvalue weighted by Gasteiger charge is 2.21. The molecular formula is C22H26ClFN4O3. The number of carbonyl (C=O) groups excluding carboxylic acids is 1. The van der Waals surface area contributed by atoms with Gasteiger partial charge in [-0.3, -0.25) is 4.79 Å². The molecule has 2 aliphatic rings. The van der Waals surface area contributed by atoms with Gasteiger partial charge in [0.05, 0.1) is 35.6 Å². The summed E-state index contributed by atoms with van der Waals surface area (Å²) in [6.07, 6.45) is 2.50. The van der Waals surface area contributed by atoms with E-state index in [1.54, 1.807) is 17.0 Å². The lowest BCUT2D eigenvalue weighted by molar-refractivity contribution is 0.0302. The molecule has 0 spiro atoms. The van der Waals surface area contributed by atoms with Crippen molar-refractivity contribution in [2.24, 2.45) is 0 Å². The van der Waals surface area contributed by atoms with Crippen molar-refractivity contribution in [2.45, 2.75) is 25.5 Å². The standard InChI is InChI=1S/C22H26ClFN4O3/c23-18-12-16(22(30)28-7-9-31-10-8-28)14-26-21(18)25-13-15-1-2-20(19(24)11-15)27-5-3-17(29)4-6-27/h1-2,11-12,14,17,29H,3-10,13H2,(H,25,26). The Balaban J connectivity index is 1.37. The zero-order chi connectivity index (χ0) is 21.8. The van der Waals surface area contributed by atoms with Gasteiger partial charge in [-0.2, -0.15) is 0 Å². The van der Waals surface area contributed by atoms with Gasteiger partial charge in [0, 0.05) is 38.9 Å². The number of aliphatic hydroxyl groups is 1. The average molecular weight is 449 g/mol. The number of anilines is 2. The number of ether oxygens (including phenoxy) is 1. The average Bonchev–Trinajstić information content (AvgIpc) is 2.79. The van der Waals surface area contributed by atoms with Crippen LogP contribution in [-0.4, -0.2) is 66.4 Å². The number of pyridine rings is 1. The lowest BCUT2D eigenvalue weighted by atomic mass is 10.1. The maximum absolute atomic E-state index is 14.6. The lowest BCUT2D eigenvalue weighted by Gasteiger charge is -2.31. The van der Waals surface area contributed by atoms with Crippen LogP contribution in [0.5, 0.6) is 0 Å². The van der Waals surface area contributed by atoms with Crippen molar-refractivity contribution in [1.82, 2.24) is 9.88 Å². The van der Waals surface area contributed by atoms with Gasteiger partial charge in [-0.15, -0.1) is 0 Å². The molecule has 1 aromatic carbocycles. The lowest BCUT2D eigenvalue weighted by Crippen LogP contribution is -2.40. The smallest absolute Gasteiger partial charge is 0.255 e. The van der Waals surface area contributed by atoms with Gasteiger partial charge < -0.3 is 25.0 Å². The van der Waals surface area contributed by atoms with Crippen LogP contribution >= 0.6 is 11.6 Å². The highest BCUT2D eigenvalue weighted by atomic mass is 35.5. The van der Waals surface area contributed by atoms with Crippen LogP contribution in [0, 0.1) is 5.82 Å². The fraction of sp³-hybridized carbons (Fsp3) is 0.455. The second-order valence-electron chi connectivity index (χ2n) is 7.82. The number of amides is 1. The number of rotatable bonds is 5.